The molecule has 1 unspecified atom stereocenters. The molecule has 1 fully saturated rings. The van der Waals surface area contributed by atoms with Crippen LogP contribution < -0.4 is 5.32 Å². The third-order valence-corrected chi connectivity index (χ3v) is 4.83. The molecule has 3 nitrogen and oxygen atoms in total. The van der Waals surface area contributed by atoms with Crippen LogP contribution in [0.25, 0.3) is 0 Å². The number of alkyl halides is 2. The van der Waals surface area contributed by atoms with Gasteiger partial charge in [-0.1, -0.05) is 12.1 Å². The molecule has 1 amide bonds. The Morgan fingerprint density at radius 2 is 1.81 bits per heavy atom. The van der Waals surface area contributed by atoms with Crippen LogP contribution in [0.4, 0.5) is 22.0 Å². The van der Waals surface area contributed by atoms with E-state index in [-0.39, 0.29) is 31.6 Å². The zero-order chi connectivity index (χ0) is 19.6. The number of carbonyl (C=O) groups is 1. The maximum atomic E-state index is 13.9. The van der Waals surface area contributed by atoms with Gasteiger partial charge in [0.25, 0.3) is 5.91 Å². The van der Waals surface area contributed by atoms with Gasteiger partial charge in [0, 0.05) is 19.0 Å². The molecule has 27 heavy (non-hydrogen) atoms. The summed E-state index contributed by atoms with van der Waals surface area (Å²) in [5.74, 6) is -7.19. The number of pyridine rings is 1. The number of amides is 1. The van der Waals surface area contributed by atoms with Gasteiger partial charge in [0.1, 0.15) is 0 Å². The quantitative estimate of drug-likeness (QED) is 0.608. The molecule has 0 aliphatic heterocycles. The van der Waals surface area contributed by atoms with E-state index in [1.54, 1.807) is 0 Å². The van der Waals surface area contributed by atoms with Gasteiger partial charge in [-0.3, -0.25) is 4.79 Å². The topological polar surface area (TPSA) is 42.0 Å². The Bertz CT molecular complexity index is 815. The summed E-state index contributed by atoms with van der Waals surface area (Å²) < 4.78 is 67.4. The number of aromatic nitrogens is 1. The summed E-state index contributed by atoms with van der Waals surface area (Å²) in [6, 6.07) is 4.92. The molecule has 0 radical (unpaired) electrons. The first-order valence-electron chi connectivity index (χ1n) is 8.51. The maximum absolute atomic E-state index is 13.9. The minimum Gasteiger partial charge on any atom is -0.345 e. The van der Waals surface area contributed by atoms with E-state index >= 15 is 0 Å². The summed E-state index contributed by atoms with van der Waals surface area (Å²) >= 11 is 0. The van der Waals surface area contributed by atoms with E-state index in [1.165, 1.54) is 18.3 Å². The van der Waals surface area contributed by atoms with Gasteiger partial charge in [-0.2, -0.15) is 4.39 Å². The second-order valence-electron chi connectivity index (χ2n) is 6.66. The fourth-order valence-corrected chi connectivity index (χ4v) is 3.34. The van der Waals surface area contributed by atoms with Gasteiger partial charge in [-0.05, 0) is 42.5 Å². The average Bonchev–Trinajstić information content (AvgIpc) is 2.63. The number of benzene rings is 1. The first-order chi connectivity index (χ1) is 12.8. The van der Waals surface area contributed by atoms with Crippen LogP contribution in [0.15, 0.2) is 36.5 Å². The summed E-state index contributed by atoms with van der Waals surface area (Å²) in [6.45, 7) is 0. The average molecular weight is 384 g/mol. The Balaban J connectivity index is 1.87. The lowest BCUT2D eigenvalue weighted by Crippen LogP contribution is -2.37. The van der Waals surface area contributed by atoms with Crippen LogP contribution in [0.1, 0.15) is 47.6 Å². The van der Waals surface area contributed by atoms with Crippen molar-refractivity contribution in [1.82, 2.24) is 10.3 Å². The minimum absolute atomic E-state index is 0.126. The number of rotatable bonds is 4. The third-order valence-electron chi connectivity index (χ3n) is 4.83. The van der Waals surface area contributed by atoms with Crippen molar-refractivity contribution in [1.29, 1.82) is 0 Å². The van der Waals surface area contributed by atoms with Crippen LogP contribution in [0, 0.1) is 23.5 Å². The Labute approximate surface area is 152 Å². The molecule has 1 saturated carbocycles. The second-order valence-corrected chi connectivity index (χ2v) is 6.66. The lowest BCUT2D eigenvalue weighted by Gasteiger charge is -2.34. The molecule has 0 spiro atoms. The molecule has 1 aliphatic rings. The van der Waals surface area contributed by atoms with Gasteiger partial charge < -0.3 is 5.32 Å². The zero-order valence-electron chi connectivity index (χ0n) is 14.2. The van der Waals surface area contributed by atoms with Crippen LogP contribution >= 0.6 is 0 Å². The van der Waals surface area contributed by atoms with Crippen molar-refractivity contribution in [3.63, 3.8) is 0 Å². The van der Waals surface area contributed by atoms with Crippen molar-refractivity contribution in [3.8, 4) is 0 Å². The van der Waals surface area contributed by atoms with E-state index < -0.39 is 41.0 Å². The van der Waals surface area contributed by atoms with E-state index in [1.807, 2.05) is 0 Å². The van der Waals surface area contributed by atoms with Gasteiger partial charge in [-0.25, -0.2) is 22.5 Å². The molecule has 144 valence electrons. The molecule has 1 atom stereocenters. The number of hydrogen-bond donors (Lipinski definition) is 1. The SMILES string of the molecule is O=C(NC(c1ccc(F)nc1)C1CCC(F)(F)CC1)c1cccc(F)c1F. The monoisotopic (exact) mass is 384 g/mol. The molecule has 0 saturated heterocycles. The Morgan fingerprint density at radius 3 is 2.44 bits per heavy atom. The van der Waals surface area contributed by atoms with E-state index in [2.05, 4.69) is 10.3 Å². The maximum Gasteiger partial charge on any atom is 0.254 e. The van der Waals surface area contributed by atoms with Crippen LogP contribution in [0.5, 0.6) is 0 Å². The van der Waals surface area contributed by atoms with Crippen molar-refractivity contribution in [2.24, 2.45) is 5.92 Å². The predicted molar refractivity (Wildman–Crippen MR) is 87.7 cm³/mol. The fraction of sp³-hybridized carbons (Fsp3) is 0.368. The van der Waals surface area contributed by atoms with E-state index in [0.717, 1.165) is 18.2 Å². The number of carbonyl (C=O) groups excluding carboxylic acids is 1. The number of hydrogen-bond acceptors (Lipinski definition) is 2. The molecule has 2 aromatic rings. The zero-order valence-corrected chi connectivity index (χ0v) is 14.2. The minimum atomic E-state index is -2.76. The standard InChI is InChI=1S/C19H17F5N2O/c20-14-3-1-2-13(16(14)22)18(27)26-17(12-4-5-15(21)25-10-12)11-6-8-19(23,24)9-7-11/h1-5,10-11,17H,6-9H2,(H,26,27). The van der Waals surface area contributed by atoms with Gasteiger partial charge in [0.15, 0.2) is 11.6 Å². The number of nitrogens with zero attached hydrogens (tertiary/aromatic N) is 1. The van der Waals surface area contributed by atoms with Crippen LogP contribution in [0.3, 0.4) is 0 Å². The first-order valence-corrected chi connectivity index (χ1v) is 8.51. The first kappa shape index (κ1) is 19.3. The molecule has 1 heterocycles. The van der Waals surface area contributed by atoms with Crippen LogP contribution in [-0.4, -0.2) is 16.8 Å². The highest BCUT2D eigenvalue weighted by Gasteiger charge is 2.38. The van der Waals surface area contributed by atoms with E-state index in [4.69, 9.17) is 0 Å². The Morgan fingerprint density at radius 1 is 1.11 bits per heavy atom. The van der Waals surface area contributed by atoms with Crippen molar-refractivity contribution in [2.75, 3.05) is 0 Å². The summed E-state index contributed by atoms with van der Waals surface area (Å²) in [5, 5.41) is 2.58. The molecule has 1 aromatic carbocycles. The molecule has 8 heteroatoms. The van der Waals surface area contributed by atoms with Crippen LogP contribution in [-0.2, 0) is 0 Å². The number of halogens is 5. The van der Waals surface area contributed by atoms with E-state index in [0.29, 0.717) is 5.56 Å². The Kier molecular flexibility index (Phi) is 5.43. The summed E-state index contributed by atoms with van der Waals surface area (Å²) in [4.78, 5) is 16.0. The highest BCUT2D eigenvalue weighted by molar-refractivity contribution is 5.94. The largest absolute Gasteiger partial charge is 0.345 e. The summed E-state index contributed by atoms with van der Waals surface area (Å²) in [7, 11) is 0. The lowest BCUT2D eigenvalue weighted by atomic mass is 9.80. The highest BCUT2D eigenvalue weighted by Crippen LogP contribution is 2.41. The third kappa shape index (κ3) is 4.43. The predicted octanol–water partition coefficient (Wildman–Crippen LogP) is 4.80. The normalized spacial score (nSPS) is 18.1. The molecule has 1 aliphatic carbocycles. The van der Waals surface area contributed by atoms with Crippen LogP contribution in [0.2, 0.25) is 0 Å². The van der Waals surface area contributed by atoms with Gasteiger partial charge in [-0.15, -0.1) is 0 Å². The lowest BCUT2D eigenvalue weighted by molar-refractivity contribution is -0.0494. The van der Waals surface area contributed by atoms with Crippen molar-refractivity contribution < 1.29 is 26.7 Å². The molecular formula is C19H17F5N2O. The summed E-state index contributed by atoms with van der Waals surface area (Å²) in [5.41, 5.74) is -0.0759. The van der Waals surface area contributed by atoms with Crippen molar-refractivity contribution in [2.45, 2.75) is 37.6 Å². The van der Waals surface area contributed by atoms with Gasteiger partial charge >= 0.3 is 0 Å². The Hall–Kier alpha value is -2.51. The molecule has 0 bridgehead atoms. The molecule has 1 N–H and O–H groups in total. The molecule has 3 rings (SSSR count). The van der Waals surface area contributed by atoms with Crippen molar-refractivity contribution in [3.05, 3.63) is 65.2 Å². The second kappa shape index (κ2) is 7.62. The highest BCUT2D eigenvalue weighted by atomic mass is 19.3. The molecule has 1 aromatic heterocycles. The van der Waals surface area contributed by atoms with Gasteiger partial charge in [0.2, 0.25) is 11.9 Å². The smallest absolute Gasteiger partial charge is 0.254 e. The van der Waals surface area contributed by atoms with E-state index in [9.17, 15) is 26.7 Å². The fourth-order valence-electron chi connectivity index (χ4n) is 3.34. The number of nitrogens with one attached hydrogen (secondary N) is 1. The summed E-state index contributed by atoms with van der Waals surface area (Å²) in [6.07, 6.45) is 0.775. The van der Waals surface area contributed by atoms with Crippen molar-refractivity contribution >= 4 is 5.91 Å². The van der Waals surface area contributed by atoms with Gasteiger partial charge in [0.05, 0.1) is 11.6 Å². The molecular weight excluding hydrogens is 367 g/mol.